The Hall–Kier alpha value is -1.57. The minimum absolute atomic E-state index is 0.0251. The van der Waals surface area contributed by atoms with Crippen LogP contribution in [-0.2, 0) is 17.1 Å². The van der Waals surface area contributed by atoms with E-state index in [0.29, 0.717) is 5.69 Å². The van der Waals surface area contributed by atoms with Crippen LogP contribution in [0.4, 0.5) is 5.69 Å². The van der Waals surface area contributed by atoms with Crippen LogP contribution in [0, 0.1) is 6.92 Å². The summed E-state index contributed by atoms with van der Waals surface area (Å²) in [5.74, 6) is 0. The molecule has 2 aromatic rings. The Bertz CT molecular complexity index is 774. The van der Waals surface area contributed by atoms with E-state index in [0.717, 1.165) is 5.69 Å². The molecule has 23 heavy (non-hydrogen) atoms. The molecule has 0 saturated heterocycles. The van der Waals surface area contributed by atoms with Crippen molar-refractivity contribution in [3.05, 3.63) is 41.2 Å². The molecular formula is C15H21ClN4O2S. The van der Waals surface area contributed by atoms with E-state index in [1.165, 1.54) is 4.68 Å². The van der Waals surface area contributed by atoms with Crippen molar-refractivity contribution in [1.29, 1.82) is 0 Å². The van der Waals surface area contributed by atoms with Gasteiger partial charge in [-0.1, -0.05) is 29.8 Å². The van der Waals surface area contributed by atoms with Gasteiger partial charge in [-0.2, -0.15) is 5.10 Å². The van der Waals surface area contributed by atoms with Gasteiger partial charge in [0.2, 0.25) is 10.0 Å². The second-order valence-electron chi connectivity index (χ2n) is 5.48. The fourth-order valence-electron chi connectivity index (χ4n) is 2.27. The number of sulfonamides is 1. The van der Waals surface area contributed by atoms with Crippen molar-refractivity contribution in [1.82, 2.24) is 14.5 Å². The minimum atomic E-state index is -3.70. The lowest BCUT2D eigenvalue weighted by atomic mass is 10.2. The highest BCUT2D eigenvalue weighted by atomic mass is 35.5. The summed E-state index contributed by atoms with van der Waals surface area (Å²) in [4.78, 5) is 2.05. The van der Waals surface area contributed by atoms with E-state index in [1.807, 2.05) is 49.2 Å². The first-order valence-electron chi connectivity index (χ1n) is 7.20. The molecule has 1 aromatic carbocycles. The van der Waals surface area contributed by atoms with E-state index in [2.05, 4.69) is 9.82 Å². The number of rotatable bonds is 6. The van der Waals surface area contributed by atoms with Gasteiger partial charge in [-0.15, -0.1) is 0 Å². The Balaban J connectivity index is 2.10. The van der Waals surface area contributed by atoms with Crippen LogP contribution in [0.3, 0.4) is 0 Å². The summed E-state index contributed by atoms with van der Waals surface area (Å²) in [6, 6.07) is 9.77. The topological polar surface area (TPSA) is 67.2 Å². The zero-order valence-electron chi connectivity index (χ0n) is 13.6. The Morgan fingerprint density at radius 3 is 2.48 bits per heavy atom. The molecule has 8 heteroatoms. The number of nitrogens with one attached hydrogen (secondary N) is 1. The van der Waals surface area contributed by atoms with Crippen LogP contribution in [-0.4, -0.2) is 37.8 Å². The van der Waals surface area contributed by atoms with Crippen molar-refractivity contribution in [3.8, 4) is 0 Å². The van der Waals surface area contributed by atoms with Crippen molar-refractivity contribution in [3.63, 3.8) is 0 Å². The molecule has 1 aromatic heterocycles. The van der Waals surface area contributed by atoms with E-state index in [4.69, 9.17) is 11.6 Å². The second kappa shape index (κ2) is 6.90. The SMILES string of the molecule is Cc1nn(C)c(Cl)c1S(=O)(=O)NCC(C)N(C)c1ccccc1. The van der Waals surface area contributed by atoms with Crippen molar-refractivity contribution in [2.24, 2.45) is 7.05 Å². The maximum absolute atomic E-state index is 12.5. The van der Waals surface area contributed by atoms with E-state index in [9.17, 15) is 8.42 Å². The third-order valence-electron chi connectivity index (χ3n) is 3.76. The highest BCUT2D eigenvalue weighted by Crippen LogP contribution is 2.24. The Labute approximate surface area is 142 Å². The molecule has 0 saturated carbocycles. The number of aryl methyl sites for hydroxylation is 2. The summed E-state index contributed by atoms with van der Waals surface area (Å²) in [6.45, 7) is 3.84. The van der Waals surface area contributed by atoms with Crippen LogP contribution in [0.15, 0.2) is 35.2 Å². The fraction of sp³-hybridized carbons (Fsp3) is 0.400. The highest BCUT2D eigenvalue weighted by Gasteiger charge is 2.25. The molecule has 0 amide bonds. The predicted octanol–water partition coefficient (Wildman–Crippen LogP) is 2.19. The largest absolute Gasteiger partial charge is 0.371 e. The first-order chi connectivity index (χ1) is 10.7. The quantitative estimate of drug-likeness (QED) is 0.861. The Morgan fingerprint density at radius 1 is 1.35 bits per heavy atom. The lowest BCUT2D eigenvalue weighted by Gasteiger charge is -2.27. The van der Waals surface area contributed by atoms with E-state index < -0.39 is 10.0 Å². The summed E-state index contributed by atoms with van der Waals surface area (Å²) in [5.41, 5.74) is 1.41. The van der Waals surface area contributed by atoms with Crippen molar-refractivity contribution < 1.29 is 8.42 Å². The third-order valence-corrected chi connectivity index (χ3v) is 5.88. The highest BCUT2D eigenvalue weighted by molar-refractivity contribution is 7.89. The molecule has 0 bridgehead atoms. The number of hydrogen-bond acceptors (Lipinski definition) is 4. The van der Waals surface area contributed by atoms with E-state index >= 15 is 0 Å². The maximum atomic E-state index is 12.5. The molecule has 0 radical (unpaired) electrons. The molecule has 1 heterocycles. The molecule has 0 spiro atoms. The molecule has 0 aliphatic carbocycles. The summed E-state index contributed by atoms with van der Waals surface area (Å²) in [6.07, 6.45) is 0. The molecule has 1 atom stereocenters. The van der Waals surface area contributed by atoms with Gasteiger partial charge in [0.1, 0.15) is 10.0 Å². The minimum Gasteiger partial charge on any atom is -0.371 e. The van der Waals surface area contributed by atoms with Crippen LogP contribution in [0.25, 0.3) is 0 Å². The van der Waals surface area contributed by atoms with Crippen LogP contribution >= 0.6 is 11.6 Å². The number of hydrogen-bond donors (Lipinski definition) is 1. The zero-order valence-corrected chi connectivity index (χ0v) is 15.2. The van der Waals surface area contributed by atoms with Gasteiger partial charge in [-0.05, 0) is 26.0 Å². The molecule has 1 N–H and O–H groups in total. The van der Waals surface area contributed by atoms with Gasteiger partial charge < -0.3 is 4.90 Å². The van der Waals surface area contributed by atoms with Crippen LogP contribution in [0.1, 0.15) is 12.6 Å². The number of anilines is 1. The van der Waals surface area contributed by atoms with E-state index in [1.54, 1.807) is 14.0 Å². The first kappa shape index (κ1) is 17.8. The number of benzene rings is 1. The second-order valence-corrected chi connectivity index (χ2v) is 7.54. The van der Waals surface area contributed by atoms with Gasteiger partial charge in [0.15, 0.2) is 0 Å². The summed E-state index contributed by atoms with van der Waals surface area (Å²) in [5, 5.41) is 4.15. The van der Waals surface area contributed by atoms with Crippen LogP contribution < -0.4 is 9.62 Å². The number of para-hydroxylation sites is 1. The number of aromatic nitrogens is 2. The molecule has 2 rings (SSSR count). The Morgan fingerprint density at radius 2 is 1.96 bits per heavy atom. The van der Waals surface area contributed by atoms with Crippen LogP contribution in [0.2, 0.25) is 5.15 Å². The normalized spacial score (nSPS) is 13.1. The molecule has 0 fully saturated rings. The van der Waals surface area contributed by atoms with E-state index in [-0.39, 0.29) is 22.6 Å². The summed E-state index contributed by atoms with van der Waals surface area (Å²) < 4.78 is 28.9. The molecule has 6 nitrogen and oxygen atoms in total. The van der Waals surface area contributed by atoms with Gasteiger partial charge in [-0.25, -0.2) is 13.1 Å². The lowest BCUT2D eigenvalue weighted by Crippen LogP contribution is -2.40. The van der Waals surface area contributed by atoms with Gasteiger partial charge in [0.25, 0.3) is 0 Å². The lowest BCUT2D eigenvalue weighted by molar-refractivity contribution is 0.569. The molecule has 0 aliphatic heterocycles. The van der Waals surface area contributed by atoms with Crippen LogP contribution in [0.5, 0.6) is 0 Å². The third kappa shape index (κ3) is 3.85. The van der Waals surface area contributed by atoms with Crippen molar-refractivity contribution in [2.45, 2.75) is 24.8 Å². The zero-order chi connectivity index (χ0) is 17.2. The molecule has 0 aliphatic rings. The smallest absolute Gasteiger partial charge is 0.245 e. The van der Waals surface area contributed by atoms with Gasteiger partial charge in [0.05, 0.1) is 5.69 Å². The van der Waals surface area contributed by atoms with Gasteiger partial charge in [-0.3, -0.25) is 4.68 Å². The average Bonchev–Trinajstić information content (AvgIpc) is 2.78. The van der Waals surface area contributed by atoms with Gasteiger partial charge >= 0.3 is 0 Å². The number of nitrogens with zero attached hydrogens (tertiary/aromatic N) is 3. The summed E-state index contributed by atoms with van der Waals surface area (Å²) in [7, 11) is -0.165. The predicted molar refractivity (Wildman–Crippen MR) is 92.5 cm³/mol. The monoisotopic (exact) mass is 356 g/mol. The number of likely N-dealkylation sites (N-methyl/N-ethyl adjacent to an activating group) is 1. The standard InChI is InChI=1S/C15H21ClN4O2S/c1-11(19(3)13-8-6-5-7-9-13)10-17-23(21,22)14-12(2)18-20(4)15(14)16/h5-9,11,17H,10H2,1-4H3. The average molecular weight is 357 g/mol. The maximum Gasteiger partial charge on any atom is 0.245 e. The Kier molecular flexibility index (Phi) is 5.33. The molecule has 126 valence electrons. The van der Waals surface area contributed by atoms with Gasteiger partial charge in [0, 0.05) is 32.4 Å². The van der Waals surface area contributed by atoms with Crippen molar-refractivity contribution in [2.75, 3.05) is 18.5 Å². The first-order valence-corrected chi connectivity index (χ1v) is 9.06. The summed E-state index contributed by atoms with van der Waals surface area (Å²) >= 11 is 6.04. The number of halogens is 1. The molecular weight excluding hydrogens is 336 g/mol. The fourth-order valence-corrected chi connectivity index (χ4v) is 4.14. The van der Waals surface area contributed by atoms with Crippen molar-refractivity contribution >= 4 is 27.3 Å². The molecule has 1 unspecified atom stereocenters.